The highest BCUT2D eigenvalue weighted by Gasteiger charge is 2.15. The van der Waals surface area contributed by atoms with Gasteiger partial charge < -0.3 is 20.5 Å². The second-order valence-corrected chi connectivity index (χ2v) is 5.00. The quantitative estimate of drug-likeness (QED) is 0.732. The summed E-state index contributed by atoms with van der Waals surface area (Å²) < 4.78 is 5.44. The van der Waals surface area contributed by atoms with Crippen LogP contribution in [0.5, 0.6) is 0 Å². The summed E-state index contributed by atoms with van der Waals surface area (Å²) in [6, 6.07) is 7.58. The van der Waals surface area contributed by atoms with E-state index < -0.39 is 0 Å². The first-order valence-electron chi connectivity index (χ1n) is 7.10. The number of rotatable bonds is 6. The number of urea groups is 1. The van der Waals surface area contributed by atoms with Crippen LogP contribution in [0.25, 0.3) is 0 Å². The van der Waals surface area contributed by atoms with Gasteiger partial charge in [-0.3, -0.25) is 0 Å². The van der Waals surface area contributed by atoms with E-state index in [1.807, 2.05) is 24.3 Å². The Morgan fingerprint density at radius 2 is 2.00 bits per heavy atom. The molecule has 1 heterocycles. The van der Waals surface area contributed by atoms with Gasteiger partial charge in [0.05, 0.1) is 12.7 Å². The molecule has 2 amide bonds. The van der Waals surface area contributed by atoms with Crippen LogP contribution in [0.3, 0.4) is 0 Å². The van der Waals surface area contributed by atoms with Gasteiger partial charge in [0.1, 0.15) is 0 Å². The zero-order valence-electron chi connectivity index (χ0n) is 11.6. The molecule has 0 spiro atoms. The lowest BCUT2D eigenvalue weighted by Crippen LogP contribution is -2.40. The van der Waals surface area contributed by atoms with E-state index in [1.54, 1.807) is 0 Å². The summed E-state index contributed by atoms with van der Waals surface area (Å²) in [5, 5.41) is 14.6. The number of carbonyl (C=O) groups is 1. The van der Waals surface area contributed by atoms with Crippen LogP contribution in [-0.2, 0) is 17.8 Å². The zero-order valence-corrected chi connectivity index (χ0v) is 11.6. The van der Waals surface area contributed by atoms with E-state index in [4.69, 9.17) is 9.84 Å². The topological polar surface area (TPSA) is 70.6 Å². The van der Waals surface area contributed by atoms with Gasteiger partial charge in [-0.05, 0) is 30.4 Å². The summed E-state index contributed by atoms with van der Waals surface area (Å²) in [5.41, 5.74) is 2.04. The second-order valence-electron chi connectivity index (χ2n) is 5.00. The molecule has 5 heteroatoms. The van der Waals surface area contributed by atoms with Crippen molar-refractivity contribution in [1.29, 1.82) is 0 Å². The number of aliphatic hydroxyl groups is 1. The van der Waals surface area contributed by atoms with Crippen LogP contribution in [-0.4, -0.2) is 36.9 Å². The molecule has 0 radical (unpaired) electrons. The van der Waals surface area contributed by atoms with Crippen molar-refractivity contribution in [3.63, 3.8) is 0 Å². The van der Waals surface area contributed by atoms with Crippen LogP contribution >= 0.6 is 0 Å². The van der Waals surface area contributed by atoms with Gasteiger partial charge in [-0.1, -0.05) is 24.3 Å². The number of aliphatic hydroxyl groups excluding tert-OH is 1. The van der Waals surface area contributed by atoms with Crippen LogP contribution in [0.4, 0.5) is 4.79 Å². The monoisotopic (exact) mass is 278 g/mol. The summed E-state index contributed by atoms with van der Waals surface area (Å²) in [7, 11) is 0. The summed E-state index contributed by atoms with van der Waals surface area (Å²) in [6.07, 6.45) is 3.06. The van der Waals surface area contributed by atoms with Gasteiger partial charge in [0.2, 0.25) is 0 Å². The highest BCUT2D eigenvalue weighted by Crippen LogP contribution is 2.10. The van der Waals surface area contributed by atoms with E-state index in [0.29, 0.717) is 13.1 Å². The Bertz CT molecular complexity index is 414. The van der Waals surface area contributed by atoms with Crippen LogP contribution in [0.2, 0.25) is 0 Å². The van der Waals surface area contributed by atoms with Crippen LogP contribution < -0.4 is 10.6 Å². The lowest BCUT2D eigenvalue weighted by Gasteiger charge is -2.11. The van der Waals surface area contributed by atoms with Crippen LogP contribution in [0.1, 0.15) is 24.0 Å². The van der Waals surface area contributed by atoms with Gasteiger partial charge in [0, 0.05) is 19.7 Å². The largest absolute Gasteiger partial charge is 0.392 e. The maximum Gasteiger partial charge on any atom is 0.314 e. The van der Waals surface area contributed by atoms with Crippen molar-refractivity contribution in [2.24, 2.45) is 0 Å². The summed E-state index contributed by atoms with van der Waals surface area (Å²) in [4.78, 5) is 11.6. The Labute approximate surface area is 119 Å². The molecule has 0 aliphatic carbocycles. The Kier molecular flexibility index (Phi) is 5.83. The molecule has 5 nitrogen and oxygen atoms in total. The Morgan fingerprint density at radius 1 is 1.25 bits per heavy atom. The number of benzene rings is 1. The van der Waals surface area contributed by atoms with Crippen LogP contribution in [0.15, 0.2) is 24.3 Å². The number of carbonyl (C=O) groups excluding carboxylic acids is 1. The smallest absolute Gasteiger partial charge is 0.314 e. The Morgan fingerprint density at radius 3 is 2.65 bits per heavy atom. The molecule has 1 fully saturated rings. The molecule has 2 rings (SSSR count). The molecule has 1 aromatic rings. The maximum absolute atomic E-state index is 11.6. The summed E-state index contributed by atoms with van der Waals surface area (Å²) in [5.74, 6) is 0. The fraction of sp³-hybridized carbons (Fsp3) is 0.533. The van der Waals surface area contributed by atoms with E-state index >= 15 is 0 Å². The van der Waals surface area contributed by atoms with E-state index in [2.05, 4.69) is 10.6 Å². The van der Waals surface area contributed by atoms with Crippen LogP contribution in [0, 0.1) is 0 Å². The normalized spacial score (nSPS) is 17.9. The molecule has 0 aromatic heterocycles. The minimum Gasteiger partial charge on any atom is -0.392 e. The summed E-state index contributed by atoms with van der Waals surface area (Å²) >= 11 is 0. The first-order chi connectivity index (χ1) is 9.78. The first kappa shape index (κ1) is 14.8. The predicted octanol–water partition coefficient (Wildman–Crippen LogP) is 1.20. The van der Waals surface area contributed by atoms with Crippen molar-refractivity contribution >= 4 is 6.03 Å². The summed E-state index contributed by atoms with van der Waals surface area (Å²) in [6.45, 7) is 2.04. The standard InChI is InChI=1S/C15H22N2O3/c18-11-13-5-3-12(4-6-13)7-8-16-15(19)17-10-14-2-1-9-20-14/h3-6,14,18H,1-2,7-11H2,(H2,16,17,19). The number of nitrogens with one attached hydrogen (secondary N) is 2. The van der Waals surface area contributed by atoms with Gasteiger partial charge in [-0.15, -0.1) is 0 Å². The molecule has 20 heavy (non-hydrogen) atoms. The molecule has 0 bridgehead atoms. The molecule has 1 aliphatic rings. The third-order valence-electron chi connectivity index (χ3n) is 3.42. The zero-order chi connectivity index (χ0) is 14.2. The van der Waals surface area contributed by atoms with Crippen molar-refractivity contribution in [2.45, 2.75) is 32.0 Å². The molecule has 3 N–H and O–H groups in total. The third kappa shape index (κ3) is 4.83. The third-order valence-corrected chi connectivity index (χ3v) is 3.42. The SMILES string of the molecule is O=C(NCCc1ccc(CO)cc1)NCC1CCCO1. The van der Waals surface area contributed by atoms with Crippen molar-refractivity contribution < 1.29 is 14.6 Å². The molecule has 110 valence electrons. The van der Waals surface area contributed by atoms with E-state index in [9.17, 15) is 4.79 Å². The second kappa shape index (κ2) is 7.87. The number of hydrogen-bond acceptors (Lipinski definition) is 3. The molecule has 1 atom stereocenters. The van der Waals surface area contributed by atoms with Gasteiger partial charge >= 0.3 is 6.03 Å². The van der Waals surface area contributed by atoms with E-state index in [-0.39, 0.29) is 18.7 Å². The average Bonchev–Trinajstić information content (AvgIpc) is 2.99. The highest BCUT2D eigenvalue weighted by molar-refractivity contribution is 5.73. The maximum atomic E-state index is 11.6. The van der Waals surface area contributed by atoms with Crippen molar-refractivity contribution in [3.05, 3.63) is 35.4 Å². The van der Waals surface area contributed by atoms with Crippen molar-refractivity contribution in [2.75, 3.05) is 19.7 Å². The van der Waals surface area contributed by atoms with Gasteiger partial charge in [0.25, 0.3) is 0 Å². The molecular formula is C15H22N2O3. The minimum absolute atomic E-state index is 0.0597. The fourth-order valence-corrected chi connectivity index (χ4v) is 2.21. The molecule has 0 saturated carbocycles. The first-order valence-corrected chi connectivity index (χ1v) is 7.10. The number of ether oxygens (including phenoxy) is 1. The van der Waals surface area contributed by atoms with Gasteiger partial charge in [0.15, 0.2) is 0 Å². The highest BCUT2D eigenvalue weighted by atomic mass is 16.5. The molecule has 1 saturated heterocycles. The molecule has 1 aliphatic heterocycles. The van der Waals surface area contributed by atoms with Gasteiger partial charge in [-0.2, -0.15) is 0 Å². The van der Waals surface area contributed by atoms with Crippen molar-refractivity contribution in [1.82, 2.24) is 10.6 Å². The van der Waals surface area contributed by atoms with Gasteiger partial charge in [-0.25, -0.2) is 4.79 Å². The van der Waals surface area contributed by atoms with E-state index in [0.717, 1.165) is 37.0 Å². The minimum atomic E-state index is -0.146. The lowest BCUT2D eigenvalue weighted by atomic mass is 10.1. The van der Waals surface area contributed by atoms with Crippen molar-refractivity contribution in [3.8, 4) is 0 Å². The molecule has 1 aromatic carbocycles. The number of hydrogen-bond donors (Lipinski definition) is 3. The Hall–Kier alpha value is -1.59. The number of amides is 2. The Balaban J connectivity index is 1.60. The van der Waals surface area contributed by atoms with E-state index in [1.165, 1.54) is 0 Å². The molecule has 1 unspecified atom stereocenters. The predicted molar refractivity (Wildman–Crippen MR) is 76.4 cm³/mol. The lowest BCUT2D eigenvalue weighted by molar-refractivity contribution is 0.111. The molecular weight excluding hydrogens is 256 g/mol. The average molecular weight is 278 g/mol. The fourth-order valence-electron chi connectivity index (χ4n) is 2.21.